The Balaban J connectivity index is 4.82. The zero-order valence-corrected chi connectivity index (χ0v) is 13.3. The minimum atomic E-state index is -3.36. The molecule has 0 amide bonds. The summed E-state index contributed by atoms with van der Waals surface area (Å²) in [7, 11) is -1.71. The fourth-order valence-electron chi connectivity index (χ4n) is 1.59. The lowest BCUT2D eigenvalue weighted by Crippen LogP contribution is -2.47. The van der Waals surface area contributed by atoms with E-state index in [0.29, 0.717) is 26.2 Å². The van der Waals surface area contributed by atoms with Crippen LogP contribution < -0.4 is 5.73 Å². The Kier molecular flexibility index (Phi) is 7.36. The van der Waals surface area contributed by atoms with E-state index in [9.17, 15) is 8.42 Å². The van der Waals surface area contributed by atoms with Crippen LogP contribution in [0.15, 0.2) is 0 Å². The first-order valence-corrected chi connectivity index (χ1v) is 8.02. The van der Waals surface area contributed by atoms with Gasteiger partial charge in [0.05, 0.1) is 0 Å². The van der Waals surface area contributed by atoms with Gasteiger partial charge in [0, 0.05) is 26.7 Å². The monoisotopic (exact) mass is 279 g/mol. The number of nitrogens with two attached hydrogens (primary N) is 1. The van der Waals surface area contributed by atoms with E-state index in [1.807, 2.05) is 20.8 Å². The van der Waals surface area contributed by atoms with Crippen molar-refractivity contribution in [3.63, 3.8) is 0 Å². The SMILES string of the molecule is CCCCN(C)S(=O)(=O)N(CC)CC(C)(C)CN. The van der Waals surface area contributed by atoms with Crippen molar-refractivity contribution in [2.24, 2.45) is 11.1 Å². The minimum absolute atomic E-state index is 0.200. The summed E-state index contributed by atoms with van der Waals surface area (Å²) in [5.74, 6) is 0. The normalized spacial score (nSPS) is 13.6. The molecule has 0 aromatic rings. The van der Waals surface area contributed by atoms with Crippen LogP contribution in [0.25, 0.3) is 0 Å². The molecule has 0 aliphatic heterocycles. The van der Waals surface area contributed by atoms with Crippen molar-refractivity contribution in [1.29, 1.82) is 0 Å². The van der Waals surface area contributed by atoms with Gasteiger partial charge in [-0.15, -0.1) is 0 Å². The number of unbranched alkanes of at least 4 members (excludes halogenated alkanes) is 1. The van der Waals surface area contributed by atoms with E-state index in [4.69, 9.17) is 5.73 Å². The van der Waals surface area contributed by atoms with Crippen molar-refractivity contribution in [2.75, 3.05) is 33.2 Å². The molecule has 0 aliphatic rings. The van der Waals surface area contributed by atoms with Crippen molar-refractivity contribution in [3.8, 4) is 0 Å². The van der Waals surface area contributed by atoms with Gasteiger partial charge in [0.15, 0.2) is 0 Å². The number of hydrogen-bond acceptors (Lipinski definition) is 3. The maximum absolute atomic E-state index is 12.4. The Morgan fingerprint density at radius 2 is 1.78 bits per heavy atom. The summed E-state index contributed by atoms with van der Waals surface area (Å²) in [5, 5.41) is 0. The largest absolute Gasteiger partial charge is 0.330 e. The van der Waals surface area contributed by atoms with Crippen LogP contribution in [0.2, 0.25) is 0 Å². The third-order valence-corrected chi connectivity index (χ3v) is 5.07. The molecule has 2 N–H and O–H groups in total. The average Bonchev–Trinajstić information content (AvgIpc) is 2.32. The molecule has 0 atom stereocenters. The van der Waals surface area contributed by atoms with Gasteiger partial charge in [0.25, 0.3) is 10.2 Å². The second-order valence-corrected chi connectivity index (χ2v) is 7.51. The van der Waals surface area contributed by atoms with Gasteiger partial charge in [0.1, 0.15) is 0 Å². The van der Waals surface area contributed by atoms with Gasteiger partial charge in [-0.1, -0.05) is 34.1 Å². The van der Waals surface area contributed by atoms with Crippen LogP contribution in [0.5, 0.6) is 0 Å². The molecule has 110 valence electrons. The molecule has 0 rings (SSSR count). The van der Waals surface area contributed by atoms with E-state index < -0.39 is 10.2 Å². The van der Waals surface area contributed by atoms with E-state index in [0.717, 1.165) is 12.8 Å². The van der Waals surface area contributed by atoms with Crippen molar-refractivity contribution >= 4 is 10.2 Å². The van der Waals surface area contributed by atoms with E-state index in [2.05, 4.69) is 6.92 Å². The molecule has 0 aliphatic carbocycles. The Morgan fingerprint density at radius 1 is 1.22 bits per heavy atom. The highest BCUT2D eigenvalue weighted by atomic mass is 32.2. The zero-order chi connectivity index (χ0) is 14.4. The number of hydrogen-bond donors (Lipinski definition) is 1. The van der Waals surface area contributed by atoms with E-state index in [-0.39, 0.29) is 5.41 Å². The van der Waals surface area contributed by atoms with Crippen molar-refractivity contribution in [3.05, 3.63) is 0 Å². The molecular weight excluding hydrogens is 250 g/mol. The Bertz CT molecular complexity index is 328. The van der Waals surface area contributed by atoms with Crippen molar-refractivity contribution in [2.45, 2.75) is 40.5 Å². The summed E-state index contributed by atoms with van der Waals surface area (Å²) >= 11 is 0. The van der Waals surface area contributed by atoms with Gasteiger partial charge < -0.3 is 5.73 Å². The molecule has 0 radical (unpaired) electrons. The second-order valence-electron chi connectivity index (χ2n) is 5.48. The zero-order valence-electron chi connectivity index (χ0n) is 12.4. The van der Waals surface area contributed by atoms with Crippen LogP contribution in [0, 0.1) is 5.41 Å². The first-order valence-electron chi connectivity index (χ1n) is 6.62. The standard InChI is InChI=1S/C12H29N3O2S/c1-6-8-9-14(5)18(16,17)15(7-2)11-12(3,4)10-13/h6-11,13H2,1-5H3. The fourth-order valence-corrected chi connectivity index (χ4v) is 3.18. The molecule has 0 aromatic carbocycles. The highest BCUT2D eigenvalue weighted by Crippen LogP contribution is 2.18. The lowest BCUT2D eigenvalue weighted by atomic mass is 9.94. The third kappa shape index (κ3) is 5.22. The quantitative estimate of drug-likeness (QED) is 0.691. The van der Waals surface area contributed by atoms with Gasteiger partial charge >= 0.3 is 0 Å². The summed E-state index contributed by atoms with van der Waals surface area (Å²) in [5.41, 5.74) is 5.47. The van der Waals surface area contributed by atoms with E-state index in [1.54, 1.807) is 7.05 Å². The van der Waals surface area contributed by atoms with Gasteiger partial charge in [-0.05, 0) is 18.4 Å². The van der Waals surface area contributed by atoms with Gasteiger partial charge in [-0.25, -0.2) is 0 Å². The first-order chi connectivity index (χ1) is 8.21. The molecule has 0 unspecified atom stereocenters. The summed E-state index contributed by atoms with van der Waals surface area (Å²) in [6.07, 6.45) is 1.87. The number of nitrogens with zero attached hydrogens (tertiary/aromatic N) is 2. The average molecular weight is 279 g/mol. The van der Waals surface area contributed by atoms with Gasteiger partial charge in [-0.3, -0.25) is 0 Å². The molecule has 0 fully saturated rings. The van der Waals surface area contributed by atoms with E-state index >= 15 is 0 Å². The van der Waals surface area contributed by atoms with Crippen LogP contribution >= 0.6 is 0 Å². The topological polar surface area (TPSA) is 66.6 Å². The molecule has 6 heteroatoms. The Hall–Kier alpha value is -0.170. The highest BCUT2D eigenvalue weighted by Gasteiger charge is 2.30. The van der Waals surface area contributed by atoms with Gasteiger partial charge in [-0.2, -0.15) is 17.0 Å². The molecule has 0 bridgehead atoms. The molecule has 0 saturated heterocycles. The summed E-state index contributed by atoms with van der Waals surface area (Å²) in [6.45, 7) is 9.85. The molecule has 0 saturated carbocycles. The molecular formula is C12H29N3O2S. The van der Waals surface area contributed by atoms with Crippen LogP contribution in [-0.4, -0.2) is 50.3 Å². The number of rotatable bonds is 9. The van der Waals surface area contributed by atoms with Crippen LogP contribution in [0.4, 0.5) is 0 Å². The lowest BCUT2D eigenvalue weighted by Gasteiger charge is -2.33. The molecule has 5 nitrogen and oxygen atoms in total. The maximum Gasteiger partial charge on any atom is 0.281 e. The lowest BCUT2D eigenvalue weighted by molar-refractivity contribution is 0.259. The predicted octanol–water partition coefficient (Wildman–Crippen LogP) is 1.27. The first kappa shape index (κ1) is 17.8. The summed E-state index contributed by atoms with van der Waals surface area (Å²) < 4.78 is 27.7. The van der Waals surface area contributed by atoms with Crippen molar-refractivity contribution < 1.29 is 8.42 Å². The molecule has 0 heterocycles. The van der Waals surface area contributed by atoms with Crippen LogP contribution in [0.3, 0.4) is 0 Å². The third-order valence-electron chi connectivity index (χ3n) is 3.06. The van der Waals surface area contributed by atoms with Gasteiger partial charge in [0.2, 0.25) is 0 Å². The maximum atomic E-state index is 12.4. The minimum Gasteiger partial charge on any atom is -0.330 e. The molecule has 18 heavy (non-hydrogen) atoms. The van der Waals surface area contributed by atoms with Crippen LogP contribution in [-0.2, 0) is 10.2 Å². The van der Waals surface area contributed by atoms with E-state index in [1.165, 1.54) is 8.61 Å². The van der Waals surface area contributed by atoms with Crippen molar-refractivity contribution in [1.82, 2.24) is 8.61 Å². The smallest absolute Gasteiger partial charge is 0.281 e. The summed E-state index contributed by atoms with van der Waals surface area (Å²) in [4.78, 5) is 0. The summed E-state index contributed by atoms with van der Waals surface area (Å²) in [6, 6.07) is 0. The predicted molar refractivity (Wildman–Crippen MR) is 76.5 cm³/mol. The Labute approximate surface area is 113 Å². The molecule has 0 spiro atoms. The fraction of sp³-hybridized carbons (Fsp3) is 1.00. The van der Waals surface area contributed by atoms with Crippen LogP contribution in [0.1, 0.15) is 40.5 Å². The molecule has 0 aromatic heterocycles. The second kappa shape index (κ2) is 7.43. The Morgan fingerprint density at radius 3 is 2.17 bits per heavy atom. The highest BCUT2D eigenvalue weighted by molar-refractivity contribution is 7.86.